The molecule has 3 nitrogen and oxygen atoms in total. The molecule has 1 heterocycles. The third-order valence-electron chi connectivity index (χ3n) is 3.79. The van der Waals surface area contributed by atoms with E-state index in [1.807, 2.05) is 41.8 Å². The minimum atomic E-state index is -4.74. The van der Waals surface area contributed by atoms with Crippen LogP contribution in [-0.4, -0.2) is 22.7 Å². The lowest BCUT2D eigenvalue weighted by molar-refractivity contribution is -0.280. The highest BCUT2D eigenvalue weighted by Crippen LogP contribution is 2.45. The second-order valence-electron chi connectivity index (χ2n) is 5.04. The fourth-order valence-electron chi connectivity index (χ4n) is 2.73. The van der Waals surface area contributed by atoms with Gasteiger partial charge >= 0.3 is 6.18 Å². The summed E-state index contributed by atoms with van der Waals surface area (Å²) in [6, 6.07) is 9.34. The monoisotopic (exact) mass is 282 g/mol. The summed E-state index contributed by atoms with van der Waals surface area (Å²) in [6.45, 7) is 0. The van der Waals surface area contributed by atoms with Gasteiger partial charge in [0.2, 0.25) is 0 Å². The first-order valence-electron chi connectivity index (χ1n) is 6.31. The molecule has 0 amide bonds. The Hall–Kier alpha value is -1.82. The highest BCUT2D eigenvalue weighted by molar-refractivity contribution is 6.08. The van der Waals surface area contributed by atoms with E-state index in [4.69, 9.17) is 0 Å². The average Bonchev–Trinajstić information content (AvgIpc) is 2.94. The summed E-state index contributed by atoms with van der Waals surface area (Å²) < 4.78 is 38.8. The molecule has 0 saturated heterocycles. The molecular weight excluding hydrogens is 269 g/mol. The van der Waals surface area contributed by atoms with Crippen molar-refractivity contribution >= 4 is 11.8 Å². The summed E-state index contributed by atoms with van der Waals surface area (Å²) in [4.78, 5) is 0. The molecule has 2 N–H and O–H groups in total. The molecule has 2 atom stereocenters. The van der Waals surface area contributed by atoms with E-state index >= 15 is 0 Å². The Balaban J connectivity index is 1.90. The zero-order valence-electron chi connectivity index (χ0n) is 10.5. The highest BCUT2D eigenvalue weighted by atomic mass is 19.4. The van der Waals surface area contributed by atoms with Gasteiger partial charge < -0.3 is 5.11 Å². The molecule has 1 fully saturated rings. The van der Waals surface area contributed by atoms with Crippen molar-refractivity contribution < 1.29 is 18.3 Å². The molecular formula is C14H13F3N2O. The Labute approximate surface area is 113 Å². The van der Waals surface area contributed by atoms with E-state index in [1.54, 1.807) is 0 Å². The Kier molecular flexibility index (Phi) is 2.86. The normalized spacial score (nSPS) is 31.1. The van der Waals surface area contributed by atoms with Crippen molar-refractivity contribution in [1.29, 1.82) is 0 Å². The van der Waals surface area contributed by atoms with E-state index in [0.717, 1.165) is 11.1 Å². The number of alkyl halides is 3. The van der Waals surface area contributed by atoms with Gasteiger partial charge in [0.1, 0.15) is 0 Å². The van der Waals surface area contributed by atoms with Crippen molar-refractivity contribution in [2.75, 3.05) is 0 Å². The number of nitrogens with zero attached hydrogens (tertiary/aromatic N) is 1. The van der Waals surface area contributed by atoms with Crippen molar-refractivity contribution in [3.8, 4) is 0 Å². The second kappa shape index (κ2) is 4.34. The molecule has 106 valence electrons. The zero-order chi connectivity index (χ0) is 14.4. The van der Waals surface area contributed by atoms with Gasteiger partial charge in [-0.2, -0.15) is 18.3 Å². The van der Waals surface area contributed by atoms with Crippen LogP contribution in [0.4, 0.5) is 13.2 Å². The first kappa shape index (κ1) is 13.2. The lowest BCUT2D eigenvalue weighted by atomic mass is 9.93. The predicted octanol–water partition coefficient (Wildman–Crippen LogP) is 2.69. The van der Waals surface area contributed by atoms with E-state index in [2.05, 4.69) is 5.10 Å². The molecule has 3 rings (SSSR count). The molecule has 0 unspecified atom stereocenters. The first-order chi connectivity index (χ1) is 9.42. The number of halogens is 3. The molecule has 6 heteroatoms. The number of hydrazone groups is 1. The molecule has 1 saturated carbocycles. The van der Waals surface area contributed by atoms with Gasteiger partial charge in [0.05, 0.1) is 11.6 Å². The molecule has 0 spiro atoms. The Morgan fingerprint density at radius 2 is 2.00 bits per heavy atom. The third kappa shape index (κ3) is 1.91. The highest BCUT2D eigenvalue weighted by Gasteiger charge is 2.64. The molecule has 0 radical (unpaired) electrons. The standard InChI is InChI=1S/C14H13F3N2O/c15-14(16,17)13(20)11-7-6-10(12(11)18-19-13)8-9-4-2-1-3-5-9/h1-5,8,11,19-20H,6-7H2/b10-8+/t11-,13+/m1/s1. The summed E-state index contributed by atoms with van der Waals surface area (Å²) in [5, 5.41) is 13.5. The first-order valence-corrected chi connectivity index (χ1v) is 6.31. The fraction of sp³-hybridized carbons (Fsp3) is 0.357. The van der Waals surface area contributed by atoms with E-state index < -0.39 is 17.8 Å². The summed E-state index contributed by atoms with van der Waals surface area (Å²) in [5.74, 6) is -1.03. The number of allylic oxidation sites excluding steroid dienone is 1. The summed E-state index contributed by atoms with van der Waals surface area (Å²) in [6.07, 6.45) is -2.20. The van der Waals surface area contributed by atoms with Crippen molar-refractivity contribution in [1.82, 2.24) is 5.43 Å². The average molecular weight is 282 g/mol. The number of benzene rings is 1. The summed E-state index contributed by atoms with van der Waals surface area (Å²) in [7, 11) is 0. The SMILES string of the molecule is O[C@@]1(C(F)(F)F)NN=C2/C(=C/c3ccccc3)CC[C@H]21. The maximum atomic E-state index is 12.9. The van der Waals surface area contributed by atoms with Gasteiger partial charge in [0.15, 0.2) is 0 Å². The van der Waals surface area contributed by atoms with Gasteiger partial charge in [-0.15, -0.1) is 0 Å². The van der Waals surface area contributed by atoms with Gasteiger partial charge in [0, 0.05) is 0 Å². The number of nitrogens with one attached hydrogen (secondary N) is 1. The molecule has 0 bridgehead atoms. The molecule has 0 aromatic heterocycles. The van der Waals surface area contributed by atoms with Crippen LogP contribution in [-0.2, 0) is 0 Å². The molecule has 1 aliphatic heterocycles. The Bertz CT molecular complexity index is 580. The van der Waals surface area contributed by atoms with Crippen LogP contribution >= 0.6 is 0 Å². The van der Waals surface area contributed by atoms with Crippen molar-refractivity contribution in [3.05, 3.63) is 41.5 Å². The van der Waals surface area contributed by atoms with E-state index in [0.29, 0.717) is 12.1 Å². The largest absolute Gasteiger partial charge is 0.438 e. The Morgan fingerprint density at radius 3 is 2.65 bits per heavy atom. The zero-order valence-corrected chi connectivity index (χ0v) is 10.5. The van der Waals surface area contributed by atoms with Gasteiger partial charge in [-0.05, 0) is 30.1 Å². The lowest BCUT2D eigenvalue weighted by Crippen LogP contribution is -2.57. The minimum Gasteiger partial charge on any atom is -0.362 e. The number of aliphatic hydroxyl groups is 1. The number of hydrogen-bond donors (Lipinski definition) is 2. The van der Waals surface area contributed by atoms with Crippen molar-refractivity contribution in [2.45, 2.75) is 24.7 Å². The van der Waals surface area contributed by atoms with Crippen LogP contribution in [0.2, 0.25) is 0 Å². The van der Waals surface area contributed by atoms with Crippen LogP contribution in [0.25, 0.3) is 6.08 Å². The number of fused-ring (bicyclic) bond motifs is 1. The summed E-state index contributed by atoms with van der Waals surface area (Å²) in [5.41, 5.74) is 0.901. The maximum Gasteiger partial charge on any atom is 0.438 e. The van der Waals surface area contributed by atoms with Crippen LogP contribution in [0.3, 0.4) is 0 Å². The molecule has 2 aliphatic rings. The topological polar surface area (TPSA) is 44.6 Å². The van der Waals surface area contributed by atoms with Crippen LogP contribution in [0.1, 0.15) is 18.4 Å². The smallest absolute Gasteiger partial charge is 0.362 e. The quantitative estimate of drug-likeness (QED) is 0.831. The van der Waals surface area contributed by atoms with E-state index in [1.165, 1.54) is 0 Å². The number of rotatable bonds is 1. The molecule has 1 aliphatic carbocycles. The molecule has 20 heavy (non-hydrogen) atoms. The van der Waals surface area contributed by atoms with Crippen LogP contribution in [0.15, 0.2) is 41.0 Å². The van der Waals surface area contributed by atoms with Crippen LogP contribution < -0.4 is 5.43 Å². The van der Waals surface area contributed by atoms with Crippen LogP contribution in [0.5, 0.6) is 0 Å². The summed E-state index contributed by atoms with van der Waals surface area (Å²) >= 11 is 0. The van der Waals surface area contributed by atoms with Crippen molar-refractivity contribution in [3.63, 3.8) is 0 Å². The van der Waals surface area contributed by atoms with E-state index in [-0.39, 0.29) is 6.42 Å². The third-order valence-corrected chi connectivity index (χ3v) is 3.79. The van der Waals surface area contributed by atoms with Gasteiger partial charge in [-0.1, -0.05) is 30.3 Å². The predicted molar refractivity (Wildman–Crippen MR) is 68.7 cm³/mol. The van der Waals surface area contributed by atoms with E-state index in [9.17, 15) is 18.3 Å². The van der Waals surface area contributed by atoms with Gasteiger partial charge in [-0.25, -0.2) is 0 Å². The minimum absolute atomic E-state index is 0.237. The van der Waals surface area contributed by atoms with Gasteiger partial charge in [0.25, 0.3) is 5.72 Å². The fourth-order valence-corrected chi connectivity index (χ4v) is 2.73. The number of hydrogen-bond acceptors (Lipinski definition) is 3. The van der Waals surface area contributed by atoms with Gasteiger partial charge in [-0.3, -0.25) is 5.43 Å². The molecule has 1 aromatic carbocycles. The van der Waals surface area contributed by atoms with Crippen LogP contribution in [0, 0.1) is 5.92 Å². The lowest BCUT2D eigenvalue weighted by Gasteiger charge is -2.29. The second-order valence-corrected chi connectivity index (χ2v) is 5.04. The molecule has 1 aromatic rings. The Morgan fingerprint density at radius 1 is 1.30 bits per heavy atom. The maximum absolute atomic E-state index is 12.9. The van der Waals surface area contributed by atoms with Crippen molar-refractivity contribution in [2.24, 2.45) is 11.0 Å².